The highest BCUT2D eigenvalue weighted by molar-refractivity contribution is 5.91. The highest BCUT2D eigenvalue weighted by Gasteiger charge is 2.29. The number of nitrogens with zero attached hydrogens (tertiary/aromatic N) is 2. The third kappa shape index (κ3) is 7.06. The Bertz CT molecular complexity index is 1140. The topological polar surface area (TPSA) is 89.3 Å². The molecule has 1 aliphatic heterocycles. The van der Waals surface area contributed by atoms with E-state index < -0.39 is 11.6 Å². The van der Waals surface area contributed by atoms with Gasteiger partial charge in [0.2, 0.25) is 5.91 Å². The second-order valence-corrected chi connectivity index (χ2v) is 9.53. The minimum Gasteiger partial charge on any atom is -0.465 e. The number of piperidine rings is 1. The summed E-state index contributed by atoms with van der Waals surface area (Å²) in [7, 11) is 1.32. The summed E-state index contributed by atoms with van der Waals surface area (Å²) < 4.78 is 10.3. The molecule has 0 bridgehead atoms. The normalized spacial score (nSPS) is 14.1. The van der Waals surface area contributed by atoms with Crippen molar-refractivity contribution in [3.05, 3.63) is 65.0 Å². The first-order valence-electron chi connectivity index (χ1n) is 11.6. The molecular weight excluding hydrogens is 446 g/mol. The summed E-state index contributed by atoms with van der Waals surface area (Å²) in [5, 5.41) is 2.96. The van der Waals surface area contributed by atoms with Crippen LogP contribution < -0.4 is 5.32 Å². The lowest BCUT2D eigenvalue weighted by Crippen LogP contribution is -2.44. The van der Waals surface area contributed by atoms with Crippen LogP contribution in [0.4, 0.5) is 10.5 Å². The van der Waals surface area contributed by atoms with Crippen molar-refractivity contribution in [2.45, 2.75) is 45.8 Å². The number of carbonyl (C=O) groups is 3. The molecule has 0 spiro atoms. The third-order valence-electron chi connectivity index (χ3n) is 5.71. The SMILES string of the molecule is [C-]#[N+]c1cccc(-c2cc(CNC(=O)C3CCN(C(=O)OC(C)(C)C)CC3)cc(C(=O)OC)c2)c1. The number of hydrogen-bond acceptors (Lipinski definition) is 5. The Hall–Kier alpha value is -3.86. The van der Waals surface area contributed by atoms with Gasteiger partial charge in [0, 0.05) is 25.6 Å². The molecule has 3 rings (SSSR count). The molecule has 8 nitrogen and oxygen atoms in total. The molecule has 1 heterocycles. The number of nitrogens with one attached hydrogen (secondary N) is 1. The molecule has 0 aromatic heterocycles. The zero-order chi connectivity index (χ0) is 25.6. The number of ether oxygens (including phenoxy) is 2. The van der Waals surface area contributed by atoms with E-state index in [1.807, 2.05) is 32.9 Å². The van der Waals surface area contributed by atoms with Crippen molar-refractivity contribution in [2.75, 3.05) is 20.2 Å². The van der Waals surface area contributed by atoms with E-state index in [2.05, 4.69) is 10.2 Å². The maximum absolute atomic E-state index is 12.8. The Kier molecular flexibility index (Phi) is 8.13. The van der Waals surface area contributed by atoms with Crippen LogP contribution in [-0.4, -0.2) is 48.7 Å². The molecule has 1 fully saturated rings. The largest absolute Gasteiger partial charge is 0.465 e. The predicted molar refractivity (Wildman–Crippen MR) is 132 cm³/mol. The van der Waals surface area contributed by atoms with E-state index >= 15 is 0 Å². The van der Waals surface area contributed by atoms with Crippen LogP contribution in [0.5, 0.6) is 0 Å². The molecule has 1 aliphatic rings. The lowest BCUT2D eigenvalue weighted by molar-refractivity contribution is -0.126. The van der Waals surface area contributed by atoms with Crippen LogP contribution in [0.3, 0.4) is 0 Å². The van der Waals surface area contributed by atoms with Crippen molar-refractivity contribution in [1.29, 1.82) is 0 Å². The van der Waals surface area contributed by atoms with Gasteiger partial charge in [0.05, 0.1) is 19.2 Å². The van der Waals surface area contributed by atoms with E-state index in [1.165, 1.54) is 7.11 Å². The van der Waals surface area contributed by atoms with Crippen molar-refractivity contribution < 1.29 is 23.9 Å². The molecule has 35 heavy (non-hydrogen) atoms. The van der Waals surface area contributed by atoms with Crippen LogP contribution in [0, 0.1) is 12.5 Å². The highest BCUT2D eigenvalue weighted by Crippen LogP contribution is 2.27. The van der Waals surface area contributed by atoms with E-state index in [9.17, 15) is 14.4 Å². The molecule has 2 aromatic rings. The molecule has 0 aliphatic carbocycles. The zero-order valence-corrected chi connectivity index (χ0v) is 20.6. The van der Waals surface area contributed by atoms with Crippen molar-refractivity contribution >= 4 is 23.7 Å². The molecule has 1 saturated heterocycles. The minimum atomic E-state index is -0.555. The summed E-state index contributed by atoms with van der Waals surface area (Å²) in [6.45, 7) is 13.9. The molecule has 184 valence electrons. The van der Waals surface area contributed by atoms with Gasteiger partial charge in [0.1, 0.15) is 5.60 Å². The van der Waals surface area contributed by atoms with Crippen molar-refractivity contribution in [3.63, 3.8) is 0 Å². The van der Waals surface area contributed by atoms with Crippen LogP contribution in [-0.2, 0) is 20.8 Å². The zero-order valence-electron chi connectivity index (χ0n) is 20.6. The number of methoxy groups -OCH3 is 1. The van der Waals surface area contributed by atoms with E-state index in [4.69, 9.17) is 16.0 Å². The van der Waals surface area contributed by atoms with E-state index in [0.717, 1.165) is 16.7 Å². The van der Waals surface area contributed by atoms with Gasteiger partial charge in [0.25, 0.3) is 0 Å². The lowest BCUT2D eigenvalue weighted by atomic mass is 9.95. The Morgan fingerprint density at radius 1 is 1.09 bits per heavy atom. The number of rotatable bonds is 5. The summed E-state index contributed by atoms with van der Waals surface area (Å²) in [5.41, 5.74) is 2.61. The average molecular weight is 478 g/mol. The number of likely N-dealkylation sites (tertiary alicyclic amines) is 1. The molecule has 0 unspecified atom stereocenters. The molecule has 0 saturated carbocycles. The van der Waals surface area contributed by atoms with Crippen molar-refractivity contribution in [1.82, 2.24) is 10.2 Å². The van der Waals surface area contributed by atoms with E-state index in [1.54, 1.807) is 35.2 Å². The van der Waals surface area contributed by atoms with Gasteiger partial charge < -0.3 is 19.7 Å². The standard InChI is InChI=1S/C27H31N3O5/c1-27(2,3)35-26(33)30-11-9-19(10-12-30)24(31)29-17-18-13-21(15-22(14-18)25(32)34-5)20-7-6-8-23(16-20)28-4/h6-8,13-16,19H,9-12,17H2,1-3,5H3,(H,29,31). The fourth-order valence-corrected chi connectivity index (χ4v) is 3.94. The first-order valence-corrected chi connectivity index (χ1v) is 11.6. The fraction of sp³-hybridized carbons (Fsp3) is 0.407. The third-order valence-corrected chi connectivity index (χ3v) is 5.71. The molecular formula is C27H31N3O5. The summed E-state index contributed by atoms with van der Waals surface area (Å²) in [6, 6.07) is 12.4. The van der Waals surface area contributed by atoms with Gasteiger partial charge in [-0.1, -0.05) is 18.2 Å². The molecule has 8 heteroatoms. The number of carbonyl (C=O) groups excluding carboxylic acids is 3. The highest BCUT2D eigenvalue weighted by atomic mass is 16.6. The predicted octanol–water partition coefficient (Wildman–Crippen LogP) is 4.95. The summed E-state index contributed by atoms with van der Waals surface area (Å²) in [6.07, 6.45) is 0.759. The molecule has 2 amide bonds. The number of amides is 2. The van der Waals surface area contributed by atoms with Crippen LogP contribution in [0.15, 0.2) is 42.5 Å². The van der Waals surface area contributed by atoms with Crippen LogP contribution >= 0.6 is 0 Å². The monoisotopic (exact) mass is 477 g/mol. The maximum Gasteiger partial charge on any atom is 0.410 e. The fourth-order valence-electron chi connectivity index (χ4n) is 3.94. The van der Waals surface area contributed by atoms with Crippen molar-refractivity contribution in [3.8, 4) is 11.1 Å². The second-order valence-electron chi connectivity index (χ2n) is 9.53. The van der Waals surface area contributed by atoms with E-state index in [0.29, 0.717) is 37.2 Å². The van der Waals surface area contributed by atoms with Gasteiger partial charge in [-0.05, 0) is 74.6 Å². The van der Waals surface area contributed by atoms with Gasteiger partial charge in [-0.15, -0.1) is 0 Å². The Balaban J connectivity index is 1.67. The number of hydrogen-bond donors (Lipinski definition) is 1. The Morgan fingerprint density at radius 2 is 1.80 bits per heavy atom. The quantitative estimate of drug-likeness (QED) is 0.486. The molecule has 1 N–H and O–H groups in total. The summed E-state index contributed by atoms with van der Waals surface area (Å²) in [4.78, 5) is 42.4. The maximum atomic E-state index is 12.8. The molecule has 0 radical (unpaired) electrons. The average Bonchev–Trinajstić information content (AvgIpc) is 2.85. The smallest absolute Gasteiger partial charge is 0.410 e. The van der Waals surface area contributed by atoms with Gasteiger partial charge in [-0.3, -0.25) is 4.79 Å². The van der Waals surface area contributed by atoms with Crippen LogP contribution in [0.1, 0.15) is 49.5 Å². The summed E-state index contributed by atoms with van der Waals surface area (Å²) >= 11 is 0. The van der Waals surface area contributed by atoms with Gasteiger partial charge in [-0.2, -0.15) is 0 Å². The van der Waals surface area contributed by atoms with Gasteiger partial charge >= 0.3 is 12.1 Å². The van der Waals surface area contributed by atoms with Crippen molar-refractivity contribution in [2.24, 2.45) is 5.92 Å². The summed E-state index contributed by atoms with van der Waals surface area (Å²) in [5.74, 6) is -0.767. The first kappa shape index (κ1) is 25.8. The second kappa shape index (κ2) is 11.0. The van der Waals surface area contributed by atoms with Gasteiger partial charge in [-0.25, -0.2) is 14.4 Å². The minimum absolute atomic E-state index is 0.0890. The molecule has 0 atom stereocenters. The first-order chi connectivity index (χ1) is 16.6. The van der Waals surface area contributed by atoms with Crippen LogP contribution in [0.2, 0.25) is 0 Å². The Morgan fingerprint density at radius 3 is 2.43 bits per heavy atom. The van der Waals surface area contributed by atoms with Crippen LogP contribution in [0.25, 0.3) is 16.0 Å². The molecule has 2 aromatic carbocycles. The number of esters is 1. The van der Waals surface area contributed by atoms with Gasteiger partial charge in [0.15, 0.2) is 5.69 Å². The van der Waals surface area contributed by atoms with E-state index in [-0.39, 0.29) is 24.5 Å². The lowest BCUT2D eigenvalue weighted by Gasteiger charge is -2.32. The number of benzene rings is 2. The Labute approximate surface area is 206 Å².